The summed E-state index contributed by atoms with van der Waals surface area (Å²) in [5, 5.41) is 20.5. The Balaban J connectivity index is 1.67. The van der Waals surface area contributed by atoms with Gasteiger partial charge in [-0.25, -0.2) is 0 Å². The van der Waals surface area contributed by atoms with Gasteiger partial charge in [-0.15, -0.1) is 15.3 Å². The molecule has 1 amide bonds. The minimum absolute atomic E-state index is 0.235. The van der Waals surface area contributed by atoms with Gasteiger partial charge in [0.25, 0.3) is 5.91 Å². The second-order valence-corrected chi connectivity index (χ2v) is 5.98. The Morgan fingerprint density at radius 2 is 2.09 bits per heavy atom. The van der Waals surface area contributed by atoms with E-state index in [0.717, 1.165) is 30.0 Å². The van der Waals surface area contributed by atoms with Crippen molar-refractivity contribution < 1.29 is 4.79 Å². The molecule has 3 aromatic rings. The first kappa shape index (κ1) is 15.3. The molecule has 1 aromatic carbocycles. The van der Waals surface area contributed by atoms with Crippen LogP contribution in [0.4, 0.5) is 5.13 Å². The lowest BCUT2D eigenvalue weighted by molar-refractivity contribution is 0.102. The van der Waals surface area contributed by atoms with Crippen molar-refractivity contribution in [2.45, 2.75) is 26.2 Å². The van der Waals surface area contributed by atoms with Crippen LogP contribution >= 0.6 is 11.3 Å². The summed E-state index contributed by atoms with van der Waals surface area (Å²) >= 11 is 1.39. The highest BCUT2D eigenvalue weighted by molar-refractivity contribution is 7.15. The van der Waals surface area contributed by atoms with Crippen LogP contribution in [-0.4, -0.2) is 31.1 Å². The van der Waals surface area contributed by atoms with Crippen LogP contribution in [0.5, 0.6) is 0 Å². The highest BCUT2D eigenvalue weighted by Gasteiger charge is 2.14. The number of carbonyl (C=O) groups excluding carboxylic acids is 1. The van der Waals surface area contributed by atoms with Gasteiger partial charge in [-0.1, -0.05) is 42.9 Å². The molecule has 1 N–H and O–H groups in total. The minimum atomic E-state index is -0.342. The highest BCUT2D eigenvalue weighted by atomic mass is 32.1. The maximum absolute atomic E-state index is 12.2. The average molecular weight is 328 g/mol. The summed E-state index contributed by atoms with van der Waals surface area (Å²) in [7, 11) is 0. The summed E-state index contributed by atoms with van der Waals surface area (Å²) in [5.74, 6) is -0.342. The summed E-state index contributed by atoms with van der Waals surface area (Å²) in [6.07, 6.45) is 4.48. The number of aryl methyl sites for hydroxylation is 1. The van der Waals surface area contributed by atoms with Crippen LogP contribution in [0.1, 0.15) is 35.3 Å². The van der Waals surface area contributed by atoms with Gasteiger partial charge in [0.05, 0.1) is 11.9 Å². The van der Waals surface area contributed by atoms with E-state index in [2.05, 4.69) is 32.6 Å². The van der Waals surface area contributed by atoms with Crippen molar-refractivity contribution in [3.8, 4) is 5.69 Å². The molecule has 8 heteroatoms. The number of carbonyl (C=O) groups is 1. The number of amides is 1. The van der Waals surface area contributed by atoms with Crippen molar-refractivity contribution in [2.75, 3.05) is 5.32 Å². The van der Waals surface area contributed by atoms with Gasteiger partial charge in [-0.05, 0) is 18.6 Å². The quantitative estimate of drug-likeness (QED) is 0.752. The number of benzene rings is 1. The van der Waals surface area contributed by atoms with Crippen molar-refractivity contribution in [3.05, 3.63) is 47.2 Å². The first-order chi connectivity index (χ1) is 11.3. The monoisotopic (exact) mass is 328 g/mol. The molecule has 0 aliphatic carbocycles. The minimum Gasteiger partial charge on any atom is -0.295 e. The zero-order chi connectivity index (χ0) is 16.1. The van der Waals surface area contributed by atoms with Crippen LogP contribution in [0, 0.1) is 0 Å². The number of aromatic nitrogens is 5. The molecule has 7 nitrogen and oxygen atoms in total. The van der Waals surface area contributed by atoms with Crippen LogP contribution in [-0.2, 0) is 6.42 Å². The predicted molar refractivity (Wildman–Crippen MR) is 87.8 cm³/mol. The molecule has 0 saturated heterocycles. The fourth-order valence-corrected chi connectivity index (χ4v) is 2.72. The van der Waals surface area contributed by atoms with Crippen molar-refractivity contribution in [2.24, 2.45) is 0 Å². The van der Waals surface area contributed by atoms with E-state index in [1.807, 2.05) is 30.3 Å². The smallest absolute Gasteiger partial charge is 0.279 e. The summed E-state index contributed by atoms with van der Waals surface area (Å²) in [6.45, 7) is 2.12. The molecule has 0 atom stereocenters. The molecule has 23 heavy (non-hydrogen) atoms. The van der Waals surface area contributed by atoms with Crippen molar-refractivity contribution in [3.63, 3.8) is 0 Å². The van der Waals surface area contributed by atoms with Gasteiger partial charge in [0.2, 0.25) is 5.13 Å². The molecule has 0 radical (unpaired) electrons. The second-order valence-electron chi connectivity index (χ2n) is 4.91. The summed E-state index contributed by atoms with van der Waals surface area (Å²) in [5.41, 5.74) is 1.03. The molecule has 0 aliphatic heterocycles. The molecule has 2 heterocycles. The van der Waals surface area contributed by atoms with Crippen molar-refractivity contribution in [1.29, 1.82) is 0 Å². The molecule has 0 aliphatic rings. The van der Waals surface area contributed by atoms with E-state index < -0.39 is 0 Å². The van der Waals surface area contributed by atoms with E-state index in [1.165, 1.54) is 22.3 Å². The number of hydrogen-bond donors (Lipinski definition) is 1. The molecule has 2 aromatic heterocycles. The molecule has 0 fully saturated rings. The van der Waals surface area contributed by atoms with Crippen LogP contribution in [0.25, 0.3) is 5.69 Å². The zero-order valence-corrected chi connectivity index (χ0v) is 13.5. The largest absolute Gasteiger partial charge is 0.295 e. The summed E-state index contributed by atoms with van der Waals surface area (Å²) < 4.78 is 0. The zero-order valence-electron chi connectivity index (χ0n) is 12.6. The van der Waals surface area contributed by atoms with Crippen LogP contribution < -0.4 is 5.32 Å². The lowest BCUT2D eigenvalue weighted by Crippen LogP contribution is -2.13. The third-order valence-electron chi connectivity index (χ3n) is 3.14. The number of nitrogens with zero attached hydrogens (tertiary/aromatic N) is 5. The number of nitrogens with one attached hydrogen (secondary N) is 1. The molecular formula is C15H16N6OS. The van der Waals surface area contributed by atoms with E-state index in [1.54, 1.807) is 0 Å². The Hall–Kier alpha value is -2.61. The van der Waals surface area contributed by atoms with Gasteiger partial charge < -0.3 is 0 Å². The van der Waals surface area contributed by atoms with E-state index in [4.69, 9.17) is 0 Å². The summed E-state index contributed by atoms with van der Waals surface area (Å²) in [6, 6.07) is 9.42. The Bertz CT molecular complexity index is 782. The average Bonchev–Trinajstić information content (AvgIpc) is 3.23. The van der Waals surface area contributed by atoms with Gasteiger partial charge in [0.1, 0.15) is 5.01 Å². The Labute approximate surface area is 137 Å². The maximum atomic E-state index is 12.2. The molecule has 118 valence electrons. The fraction of sp³-hybridized carbons (Fsp3) is 0.267. The van der Waals surface area contributed by atoms with Crippen LogP contribution in [0.2, 0.25) is 0 Å². The molecule has 0 spiro atoms. The molecule has 0 saturated carbocycles. The van der Waals surface area contributed by atoms with Gasteiger partial charge in [0.15, 0.2) is 5.69 Å². The first-order valence-corrected chi connectivity index (χ1v) is 8.19. The SMILES string of the molecule is CCCCc1nnc(NC(=O)c2cnn(-c3ccccc3)n2)s1. The van der Waals surface area contributed by atoms with E-state index in [-0.39, 0.29) is 11.6 Å². The van der Waals surface area contributed by atoms with Gasteiger partial charge in [0, 0.05) is 6.42 Å². The van der Waals surface area contributed by atoms with E-state index in [0.29, 0.717) is 5.13 Å². The Kier molecular flexibility index (Phi) is 4.72. The lowest BCUT2D eigenvalue weighted by Gasteiger charge is -1.98. The number of anilines is 1. The second kappa shape index (κ2) is 7.10. The third kappa shape index (κ3) is 3.78. The molecule has 3 rings (SSSR count). The first-order valence-electron chi connectivity index (χ1n) is 7.38. The van der Waals surface area contributed by atoms with Crippen LogP contribution in [0.15, 0.2) is 36.5 Å². The Morgan fingerprint density at radius 1 is 1.26 bits per heavy atom. The fourth-order valence-electron chi connectivity index (χ4n) is 1.95. The lowest BCUT2D eigenvalue weighted by atomic mass is 10.3. The van der Waals surface area contributed by atoms with E-state index >= 15 is 0 Å². The Morgan fingerprint density at radius 3 is 2.87 bits per heavy atom. The van der Waals surface area contributed by atoms with Crippen molar-refractivity contribution in [1.82, 2.24) is 25.2 Å². The van der Waals surface area contributed by atoms with Gasteiger partial charge in [-0.2, -0.15) is 9.90 Å². The third-order valence-corrected chi connectivity index (χ3v) is 4.04. The molecular weight excluding hydrogens is 312 g/mol. The van der Waals surface area contributed by atoms with Crippen molar-refractivity contribution >= 4 is 22.4 Å². The maximum Gasteiger partial charge on any atom is 0.279 e. The molecule has 0 unspecified atom stereocenters. The van der Waals surface area contributed by atoms with Crippen LogP contribution in [0.3, 0.4) is 0 Å². The summed E-state index contributed by atoms with van der Waals surface area (Å²) in [4.78, 5) is 13.6. The number of rotatable bonds is 6. The number of unbranched alkanes of at least 4 members (excludes halogenated alkanes) is 1. The highest BCUT2D eigenvalue weighted by Crippen LogP contribution is 2.17. The predicted octanol–water partition coefficient (Wildman–Crippen LogP) is 2.71. The standard InChI is InChI=1S/C15H16N6OS/c1-2-3-9-13-18-19-15(23-13)17-14(22)12-10-16-21(20-12)11-7-5-4-6-8-11/h4-8,10H,2-3,9H2,1H3,(H,17,19,22). The normalized spacial score (nSPS) is 10.7. The molecule has 0 bridgehead atoms. The van der Waals surface area contributed by atoms with Gasteiger partial charge >= 0.3 is 0 Å². The number of para-hydroxylation sites is 1. The van der Waals surface area contributed by atoms with E-state index in [9.17, 15) is 4.79 Å². The number of hydrogen-bond acceptors (Lipinski definition) is 6. The topological polar surface area (TPSA) is 85.6 Å². The van der Waals surface area contributed by atoms with Gasteiger partial charge in [-0.3, -0.25) is 10.1 Å².